The Bertz CT molecular complexity index is 1720. The average molecular weight is 471 g/mol. The number of rotatable bonds is 6. The van der Waals surface area contributed by atoms with Crippen LogP contribution in [0.1, 0.15) is 39.9 Å². The minimum Gasteiger partial charge on any atom is -0.427 e. The summed E-state index contributed by atoms with van der Waals surface area (Å²) in [5.74, 6) is 0.242. The van der Waals surface area contributed by atoms with E-state index in [0.717, 1.165) is 23.8 Å². The van der Waals surface area contributed by atoms with Crippen molar-refractivity contribution < 1.29 is 14.3 Å². The third kappa shape index (κ3) is 3.59. The zero-order valence-electron chi connectivity index (χ0n) is 20.4. The third-order valence-corrected chi connectivity index (χ3v) is 7.36. The van der Waals surface area contributed by atoms with Crippen LogP contribution in [0.15, 0.2) is 78.9 Å². The number of carbonyl (C=O) groups excluding carboxylic acids is 2. The minimum atomic E-state index is -0.254. The summed E-state index contributed by atoms with van der Waals surface area (Å²) in [4.78, 5) is 23.8. The summed E-state index contributed by atoms with van der Waals surface area (Å²) >= 11 is 0. The molecule has 176 valence electrons. The summed E-state index contributed by atoms with van der Waals surface area (Å²) in [5.41, 5.74) is 3.52. The first-order valence-electron chi connectivity index (χ1n) is 12.4. The van der Waals surface area contributed by atoms with Gasteiger partial charge in [0.25, 0.3) is 0 Å². The van der Waals surface area contributed by atoms with Crippen LogP contribution < -0.4 is 4.74 Å². The molecule has 0 saturated carbocycles. The molecular formula is C33H26O3. The number of aryl methyl sites for hydroxylation is 3. The minimum absolute atomic E-state index is 0.254. The molecule has 6 aromatic carbocycles. The molecule has 0 amide bonds. The second-order valence-corrected chi connectivity index (χ2v) is 9.63. The Morgan fingerprint density at radius 1 is 0.750 bits per heavy atom. The van der Waals surface area contributed by atoms with Crippen LogP contribution in [0.5, 0.6) is 5.75 Å². The van der Waals surface area contributed by atoms with Gasteiger partial charge in [-0.3, -0.25) is 9.59 Å². The molecule has 0 aliphatic heterocycles. The number of hydrogen-bond acceptors (Lipinski definition) is 3. The fraction of sp³-hybridized carbons (Fsp3) is 0.152. The van der Waals surface area contributed by atoms with E-state index in [1.54, 1.807) is 12.1 Å². The number of carbonyl (C=O) groups is 2. The quantitative estimate of drug-likeness (QED) is 0.0812. The monoisotopic (exact) mass is 470 g/mol. The highest BCUT2D eigenvalue weighted by Crippen LogP contribution is 2.41. The van der Waals surface area contributed by atoms with Crippen LogP contribution in [0.25, 0.3) is 43.1 Å². The van der Waals surface area contributed by atoms with Gasteiger partial charge in [0.15, 0.2) is 6.29 Å². The van der Waals surface area contributed by atoms with Gasteiger partial charge in [0, 0.05) is 12.0 Å². The molecule has 0 heterocycles. The Hall–Kier alpha value is -4.24. The van der Waals surface area contributed by atoms with Crippen LogP contribution in [0.3, 0.4) is 0 Å². The van der Waals surface area contributed by atoms with Crippen LogP contribution >= 0.6 is 0 Å². The first kappa shape index (κ1) is 22.2. The summed E-state index contributed by atoms with van der Waals surface area (Å²) in [5, 5.41) is 10.3. The smallest absolute Gasteiger partial charge is 0.311 e. The van der Waals surface area contributed by atoms with Crippen LogP contribution in [-0.4, -0.2) is 12.3 Å². The van der Waals surface area contributed by atoms with E-state index in [9.17, 15) is 9.59 Å². The maximum absolute atomic E-state index is 12.6. The van der Waals surface area contributed by atoms with Gasteiger partial charge in [-0.15, -0.1) is 0 Å². The van der Waals surface area contributed by atoms with Crippen molar-refractivity contribution >= 4 is 55.3 Å². The number of benzene rings is 6. The first-order valence-corrected chi connectivity index (χ1v) is 12.4. The van der Waals surface area contributed by atoms with Crippen molar-refractivity contribution in [3.8, 4) is 5.75 Å². The standard InChI is InChI=1S/C33H26O3/c1-20-17-24(18-21(2)30(20)19-34)36-31(35)14-5-7-22-15-16-29-27-12-4-9-23-8-3-11-26(32(23)27)28-13-6-10-25(22)33(28)29/h3-4,6,8-13,15-19H,5,7,14H2,1-2H3. The predicted octanol–water partition coefficient (Wildman–Crippen LogP) is 8.09. The van der Waals surface area contributed by atoms with Crippen LogP contribution in [0, 0.1) is 13.8 Å². The van der Waals surface area contributed by atoms with E-state index in [-0.39, 0.29) is 5.97 Å². The lowest BCUT2D eigenvalue weighted by Gasteiger charge is -2.16. The fourth-order valence-corrected chi connectivity index (χ4v) is 5.71. The highest BCUT2D eigenvalue weighted by Gasteiger charge is 2.15. The summed E-state index contributed by atoms with van der Waals surface area (Å²) in [7, 11) is 0. The summed E-state index contributed by atoms with van der Waals surface area (Å²) in [6.45, 7) is 3.70. The fourth-order valence-electron chi connectivity index (χ4n) is 5.71. The maximum Gasteiger partial charge on any atom is 0.311 e. The van der Waals surface area contributed by atoms with Gasteiger partial charge in [-0.05, 0) is 98.6 Å². The van der Waals surface area contributed by atoms with E-state index in [2.05, 4.69) is 66.7 Å². The van der Waals surface area contributed by atoms with Crippen molar-refractivity contribution in [1.82, 2.24) is 0 Å². The van der Waals surface area contributed by atoms with Crippen molar-refractivity contribution in [2.45, 2.75) is 33.1 Å². The molecule has 0 radical (unpaired) electrons. The lowest BCUT2D eigenvalue weighted by molar-refractivity contribution is -0.134. The first-order chi connectivity index (χ1) is 17.5. The number of ether oxygens (including phenoxy) is 1. The summed E-state index contributed by atoms with van der Waals surface area (Å²) in [6, 6.07) is 27.6. The summed E-state index contributed by atoms with van der Waals surface area (Å²) in [6.07, 6.45) is 2.67. The molecule has 6 aromatic rings. The number of hydrogen-bond donors (Lipinski definition) is 0. The van der Waals surface area contributed by atoms with Gasteiger partial charge in [-0.1, -0.05) is 66.7 Å². The Morgan fingerprint density at radius 3 is 2.00 bits per heavy atom. The molecule has 36 heavy (non-hydrogen) atoms. The lowest BCUT2D eigenvalue weighted by Crippen LogP contribution is -2.09. The zero-order chi connectivity index (χ0) is 24.8. The molecule has 0 saturated heterocycles. The highest BCUT2D eigenvalue weighted by atomic mass is 16.5. The van der Waals surface area contributed by atoms with E-state index >= 15 is 0 Å². The Kier molecular flexibility index (Phi) is 5.41. The number of esters is 1. The number of aldehydes is 1. The average Bonchev–Trinajstić information content (AvgIpc) is 2.87. The highest BCUT2D eigenvalue weighted by molar-refractivity contribution is 6.33. The van der Waals surface area contributed by atoms with Crippen molar-refractivity contribution in [3.05, 3.63) is 101 Å². The van der Waals surface area contributed by atoms with Crippen LogP contribution in [0.2, 0.25) is 0 Å². The van der Waals surface area contributed by atoms with Crippen molar-refractivity contribution in [2.75, 3.05) is 0 Å². The Balaban J connectivity index is 1.28. The molecule has 0 N–H and O–H groups in total. The predicted molar refractivity (Wildman–Crippen MR) is 148 cm³/mol. The molecule has 0 aliphatic carbocycles. The Morgan fingerprint density at radius 2 is 1.33 bits per heavy atom. The lowest BCUT2D eigenvalue weighted by atomic mass is 9.87. The molecule has 0 aliphatic rings. The largest absolute Gasteiger partial charge is 0.427 e. The van der Waals surface area contributed by atoms with Gasteiger partial charge >= 0.3 is 5.97 Å². The third-order valence-electron chi connectivity index (χ3n) is 7.36. The van der Waals surface area contributed by atoms with Crippen molar-refractivity contribution in [3.63, 3.8) is 0 Å². The maximum atomic E-state index is 12.6. The van der Waals surface area contributed by atoms with Gasteiger partial charge in [0.1, 0.15) is 5.75 Å². The van der Waals surface area contributed by atoms with E-state index < -0.39 is 0 Å². The molecule has 0 unspecified atom stereocenters. The molecule has 0 bridgehead atoms. The van der Waals surface area contributed by atoms with Crippen LogP contribution in [0.4, 0.5) is 0 Å². The normalized spacial score (nSPS) is 11.6. The van der Waals surface area contributed by atoms with Gasteiger partial charge in [0.2, 0.25) is 0 Å². The van der Waals surface area contributed by atoms with E-state index in [4.69, 9.17) is 4.74 Å². The zero-order valence-corrected chi connectivity index (χ0v) is 20.4. The SMILES string of the molecule is Cc1cc(OC(=O)CCCc2ccc3c4cccc5cccc(c6cccc2c63)c54)cc(C)c1C=O. The molecule has 3 nitrogen and oxygen atoms in total. The van der Waals surface area contributed by atoms with Gasteiger partial charge in [-0.25, -0.2) is 0 Å². The van der Waals surface area contributed by atoms with E-state index in [1.165, 1.54) is 48.7 Å². The van der Waals surface area contributed by atoms with E-state index in [1.807, 2.05) is 13.8 Å². The molecule has 6 rings (SSSR count). The second-order valence-electron chi connectivity index (χ2n) is 9.63. The molecule has 0 spiro atoms. The second kappa shape index (κ2) is 8.76. The number of fused-ring (bicyclic) bond motifs is 2. The Labute approximate surface area is 209 Å². The molecule has 0 fully saturated rings. The molecular weight excluding hydrogens is 444 g/mol. The molecule has 0 atom stereocenters. The van der Waals surface area contributed by atoms with Crippen molar-refractivity contribution in [1.29, 1.82) is 0 Å². The van der Waals surface area contributed by atoms with E-state index in [0.29, 0.717) is 24.2 Å². The van der Waals surface area contributed by atoms with Crippen LogP contribution in [-0.2, 0) is 11.2 Å². The van der Waals surface area contributed by atoms with Gasteiger partial charge in [0.05, 0.1) is 0 Å². The van der Waals surface area contributed by atoms with Crippen molar-refractivity contribution in [2.24, 2.45) is 0 Å². The van der Waals surface area contributed by atoms with Gasteiger partial charge < -0.3 is 4.74 Å². The topological polar surface area (TPSA) is 43.4 Å². The molecule has 0 aromatic heterocycles. The molecule has 3 heteroatoms. The summed E-state index contributed by atoms with van der Waals surface area (Å²) < 4.78 is 5.58. The van der Waals surface area contributed by atoms with Gasteiger partial charge in [-0.2, -0.15) is 0 Å².